The highest BCUT2D eigenvalue weighted by molar-refractivity contribution is 5.95. The number of carbonyl (C=O) groups excluding carboxylic acids is 2. The molecule has 1 aromatic rings. The lowest BCUT2D eigenvalue weighted by molar-refractivity contribution is -0.148. The van der Waals surface area contributed by atoms with Crippen molar-refractivity contribution in [1.82, 2.24) is 10.2 Å². The molecule has 0 saturated carbocycles. The molecular weight excluding hydrogens is 252 g/mol. The second-order valence-electron chi connectivity index (χ2n) is 5.81. The molecule has 4 heteroatoms. The molecule has 1 heterocycles. The van der Waals surface area contributed by atoms with E-state index in [0.29, 0.717) is 5.92 Å². The number of amides is 2. The molecule has 1 N–H and O–H groups in total. The number of hydrogen-bond donors (Lipinski definition) is 1. The summed E-state index contributed by atoms with van der Waals surface area (Å²) in [5, 5.41) is 2.69. The van der Waals surface area contributed by atoms with Crippen molar-refractivity contribution in [3.8, 4) is 0 Å². The van der Waals surface area contributed by atoms with Gasteiger partial charge in [-0.2, -0.15) is 0 Å². The van der Waals surface area contributed by atoms with E-state index >= 15 is 0 Å². The molecule has 1 saturated heterocycles. The molecule has 2 rings (SSSR count). The number of rotatable bonds is 4. The van der Waals surface area contributed by atoms with Gasteiger partial charge >= 0.3 is 0 Å². The zero-order chi connectivity index (χ0) is 14.7. The van der Waals surface area contributed by atoms with Gasteiger partial charge in [-0.25, -0.2) is 0 Å². The topological polar surface area (TPSA) is 49.4 Å². The Hall–Kier alpha value is -1.84. The number of carbonyl (C=O) groups is 2. The fourth-order valence-electron chi connectivity index (χ4n) is 2.86. The molecular formula is C16H22N2O2. The normalized spacial score (nSPS) is 21.0. The Balaban J connectivity index is 2.32. The molecule has 20 heavy (non-hydrogen) atoms. The highest BCUT2D eigenvalue weighted by Gasteiger charge is 2.38. The maximum Gasteiger partial charge on any atom is 0.247 e. The molecule has 0 aromatic heterocycles. The summed E-state index contributed by atoms with van der Waals surface area (Å²) >= 11 is 0. The van der Waals surface area contributed by atoms with Gasteiger partial charge < -0.3 is 10.2 Å². The van der Waals surface area contributed by atoms with Crippen molar-refractivity contribution < 1.29 is 9.59 Å². The Bertz CT molecular complexity index is 485. The molecule has 0 radical (unpaired) electrons. The van der Waals surface area contributed by atoms with Crippen LogP contribution in [0.3, 0.4) is 0 Å². The Morgan fingerprint density at radius 3 is 2.45 bits per heavy atom. The minimum Gasteiger partial charge on any atom is -0.345 e. The van der Waals surface area contributed by atoms with Gasteiger partial charge in [0.25, 0.3) is 0 Å². The van der Waals surface area contributed by atoms with E-state index in [1.54, 1.807) is 4.90 Å². The van der Waals surface area contributed by atoms with E-state index in [1.807, 2.05) is 37.3 Å². The van der Waals surface area contributed by atoms with E-state index in [0.717, 1.165) is 12.0 Å². The lowest BCUT2D eigenvalue weighted by Crippen LogP contribution is -2.56. The summed E-state index contributed by atoms with van der Waals surface area (Å²) in [7, 11) is 0. The first kappa shape index (κ1) is 14.6. The molecule has 4 nitrogen and oxygen atoms in total. The maximum absolute atomic E-state index is 12.3. The average Bonchev–Trinajstić information content (AvgIpc) is 2.41. The van der Waals surface area contributed by atoms with Crippen LogP contribution in [0.4, 0.5) is 0 Å². The fourth-order valence-corrected chi connectivity index (χ4v) is 2.86. The van der Waals surface area contributed by atoms with Crippen LogP contribution in [-0.2, 0) is 9.59 Å². The first-order chi connectivity index (χ1) is 9.50. The van der Waals surface area contributed by atoms with Crippen molar-refractivity contribution in [2.24, 2.45) is 5.92 Å². The van der Waals surface area contributed by atoms with E-state index in [9.17, 15) is 9.59 Å². The first-order valence-corrected chi connectivity index (χ1v) is 7.14. The molecule has 1 aliphatic rings. The summed E-state index contributed by atoms with van der Waals surface area (Å²) in [5.41, 5.74) is 0.869. The molecule has 1 fully saturated rings. The lowest BCUT2D eigenvalue weighted by atomic mass is 9.96. The molecule has 1 aromatic carbocycles. The third kappa shape index (κ3) is 3.00. The third-order valence-corrected chi connectivity index (χ3v) is 3.63. The quantitative estimate of drug-likeness (QED) is 0.914. The monoisotopic (exact) mass is 274 g/mol. The van der Waals surface area contributed by atoms with Crippen molar-refractivity contribution in [3.05, 3.63) is 35.9 Å². The number of hydrogen-bond acceptors (Lipinski definition) is 2. The minimum absolute atomic E-state index is 0.00777. The van der Waals surface area contributed by atoms with E-state index < -0.39 is 6.04 Å². The second-order valence-corrected chi connectivity index (χ2v) is 5.81. The second kappa shape index (κ2) is 6.07. The largest absolute Gasteiger partial charge is 0.345 e. The summed E-state index contributed by atoms with van der Waals surface area (Å²) < 4.78 is 0. The number of nitrogens with one attached hydrogen (secondary N) is 1. The van der Waals surface area contributed by atoms with Crippen LogP contribution in [0.15, 0.2) is 30.3 Å². The SMILES string of the molecule is CC(C)CC(C)N1C(=O)CNC(=O)C1c1ccccc1. The van der Waals surface area contributed by atoms with Gasteiger partial charge in [0.1, 0.15) is 6.04 Å². The molecule has 108 valence electrons. The molecule has 0 spiro atoms. The maximum atomic E-state index is 12.3. The summed E-state index contributed by atoms with van der Waals surface area (Å²) in [6.45, 7) is 6.38. The molecule has 1 aliphatic heterocycles. The summed E-state index contributed by atoms with van der Waals surface area (Å²) in [4.78, 5) is 26.2. The number of benzene rings is 1. The van der Waals surface area contributed by atoms with Gasteiger partial charge in [-0.3, -0.25) is 9.59 Å². The molecule has 0 aliphatic carbocycles. The van der Waals surface area contributed by atoms with Crippen molar-refractivity contribution in [2.75, 3.05) is 6.54 Å². The van der Waals surface area contributed by atoms with Gasteiger partial charge in [-0.1, -0.05) is 44.2 Å². The van der Waals surface area contributed by atoms with E-state index in [4.69, 9.17) is 0 Å². The van der Waals surface area contributed by atoms with Crippen molar-refractivity contribution >= 4 is 11.8 Å². The molecule has 0 bridgehead atoms. The Labute approximate surface area is 120 Å². The average molecular weight is 274 g/mol. The number of nitrogens with zero attached hydrogens (tertiary/aromatic N) is 1. The van der Waals surface area contributed by atoms with Crippen LogP contribution in [0, 0.1) is 5.92 Å². The van der Waals surface area contributed by atoms with Crippen LogP contribution >= 0.6 is 0 Å². The predicted octanol–water partition coefficient (Wildman–Crippen LogP) is 2.12. The Morgan fingerprint density at radius 2 is 1.85 bits per heavy atom. The van der Waals surface area contributed by atoms with E-state index in [1.165, 1.54) is 0 Å². The van der Waals surface area contributed by atoms with Gasteiger partial charge in [0.2, 0.25) is 11.8 Å². The summed E-state index contributed by atoms with van der Waals surface area (Å²) in [6, 6.07) is 9.05. The smallest absolute Gasteiger partial charge is 0.247 e. The molecule has 2 amide bonds. The lowest BCUT2D eigenvalue weighted by Gasteiger charge is -2.40. The predicted molar refractivity (Wildman–Crippen MR) is 78.0 cm³/mol. The highest BCUT2D eigenvalue weighted by atomic mass is 16.2. The van der Waals surface area contributed by atoms with Crippen LogP contribution in [0.1, 0.15) is 38.8 Å². The van der Waals surface area contributed by atoms with Crippen LogP contribution < -0.4 is 5.32 Å². The summed E-state index contributed by atoms with van der Waals surface area (Å²) in [6.07, 6.45) is 0.891. The zero-order valence-corrected chi connectivity index (χ0v) is 12.3. The zero-order valence-electron chi connectivity index (χ0n) is 12.3. The standard InChI is InChI=1S/C16H22N2O2/c1-11(2)9-12(3)18-14(19)10-17-16(20)15(18)13-7-5-4-6-8-13/h4-8,11-12,15H,9-10H2,1-3H3,(H,17,20). The Kier molecular flexibility index (Phi) is 4.42. The van der Waals surface area contributed by atoms with Crippen molar-refractivity contribution in [3.63, 3.8) is 0 Å². The minimum atomic E-state index is -0.508. The van der Waals surface area contributed by atoms with Crippen LogP contribution in [-0.4, -0.2) is 29.3 Å². The van der Waals surface area contributed by atoms with Crippen LogP contribution in [0.25, 0.3) is 0 Å². The van der Waals surface area contributed by atoms with Gasteiger partial charge in [-0.15, -0.1) is 0 Å². The van der Waals surface area contributed by atoms with Crippen LogP contribution in [0.2, 0.25) is 0 Å². The molecule has 2 atom stereocenters. The van der Waals surface area contributed by atoms with Crippen molar-refractivity contribution in [1.29, 1.82) is 0 Å². The van der Waals surface area contributed by atoms with Crippen LogP contribution in [0.5, 0.6) is 0 Å². The number of piperazine rings is 1. The van der Waals surface area contributed by atoms with Gasteiger partial charge in [-0.05, 0) is 24.8 Å². The van der Waals surface area contributed by atoms with Gasteiger partial charge in [0.05, 0.1) is 6.54 Å². The van der Waals surface area contributed by atoms with E-state index in [-0.39, 0.29) is 24.4 Å². The summed E-state index contributed by atoms with van der Waals surface area (Å²) in [5.74, 6) is 0.386. The first-order valence-electron chi connectivity index (χ1n) is 7.14. The van der Waals surface area contributed by atoms with E-state index in [2.05, 4.69) is 19.2 Å². The van der Waals surface area contributed by atoms with Gasteiger partial charge in [0.15, 0.2) is 0 Å². The molecule has 2 unspecified atom stereocenters. The van der Waals surface area contributed by atoms with Gasteiger partial charge in [0, 0.05) is 6.04 Å². The van der Waals surface area contributed by atoms with Crippen molar-refractivity contribution in [2.45, 2.75) is 39.3 Å². The third-order valence-electron chi connectivity index (χ3n) is 3.63. The Morgan fingerprint density at radius 1 is 1.20 bits per heavy atom. The fraction of sp³-hybridized carbons (Fsp3) is 0.500. The highest BCUT2D eigenvalue weighted by Crippen LogP contribution is 2.28.